The van der Waals surface area contributed by atoms with Crippen molar-refractivity contribution in [3.05, 3.63) is 174 Å². The molecule has 11 aromatic rings. The lowest BCUT2D eigenvalue weighted by Gasteiger charge is -2.32. The number of nitrogens with zero attached hydrogens (tertiary/aromatic N) is 11. The number of benzene rings is 4. The molecule has 2 aliphatic rings. The number of nitrogens with one attached hydrogen (secondary N) is 1. The molecular weight excluding hydrogens is 1370 g/mol. The van der Waals surface area contributed by atoms with Gasteiger partial charge in [-0.1, -0.05) is 35.5 Å². The van der Waals surface area contributed by atoms with E-state index in [0.29, 0.717) is 52.6 Å². The number of halogens is 4. The predicted octanol–water partition coefficient (Wildman–Crippen LogP) is 12.6. The Labute approximate surface area is 582 Å². The quantitative estimate of drug-likeness (QED) is 0.0582. The van der Waals surface area contributed by atoms with Gasteiger partial charge in [-0.3, -0.25) is 14.5 Å². The second-order valence-corrected chi connectivity index (χ2v) is 26.2. The number of anilines is 2. The van der Waals surface area contributed by atoms with Gasteiger partial charge in [0.05, 0.1) is 88.4 Å². The first kappa shape index (κ1) is 74.5. The highest BCUT2D eigenvalue weighted by molar-refractivity contribution is 9.10. The van der Waals surface area contributed by atoms with Crippen molar-refractivity contribution in [1.29, 1.82) is 0 Å². The maximum absolute atomic E-state index is 13.6. The number of nitrogens with two attached hydrogens (primary N) is 2. The molecule has 0 saturated carbocycles. The molecule has 9 heterocycles. The summed E-state index contributed by atoms with van der Waals surface area (Å²) in [5, 5.41) is 25.8. The summed E-state index contributed by atoms with van der Waals surface area (Å²) in [6.45, 7) is 23.0. The van der Waals surface area contributed by atoms with Crippen LogP contribution in [0.3, 0.4) is 0 Å². The Morgan fingerprint density at radius 1 is 0.557 bits per heavy atom. The zero-order valence-corrected chi connectivity index (χ0v) is 58.9. The third-order valence-corrected chi connectivity index (χ3v) is 17.9. The molecule has 97 heavy (non-hydrogen) atoms. The first-order chi connectivity index (χ1) is 45.7. The Morgan fingerprint density at radius 2 is 0.990 bits per heavy atom. The average molecular weight is 1450 g/mol. The van der Waals surface area contributed by atoms with Crippen LogP contribution in [-0.4, -0.2) is 141 Å². The second kappa shape index (κ2) is 32.4. The normalized spacial score (nSPS) is 14.7. The Kier molecular flexibility index (Phi) is 24.9. The molecule has 2 saturated heterocycles. The number of fused-ring (bicyclic) bond motifs is 2. The van der Waals surface area contributed by atoms with Crippen molar-refractivity contribution in [3.63, 3.8) is 0 Å². The summed E-state index contributed by atoms with van der Waals surface area (Å²) in [4.78, 5) is 26.6. The fourth-order valence-electron chi connectivity index (χ4n) is 10.0. The van der Waals surface area contributed by atoms with Crippen molar-refractivity contribution in [2.45, 2.75) is 112 Å². The summed E-state index contributed by atoms with van der Waals surface area (Å²) >= 11 is 6.45. The molecule has 0 unspecified atom stereocenters. The molecule has 0 radical (unpaired) electrons. The van der Waals surface area contributed by atoms with Crippen LogP contribution >= 0.6 is 31.9 Å². The van der Waals surface area contributed by atoms with E-state index in [1.54, 1.807) is 75.9 Å². The number of hydrogen-bond donors (Lipinski definition) is 4. The van der Waals surface area contributed by atoms with Gasteiger partial charge in [0, 0.05) is 117 Å². The highest BCUT2D eigenvalue weighted by atomic mass is 79.9. The number of aliphatic hydroxyl groups is 1. The van der Waals surface area contributed by atoms with E-state index >= 15 is 0 Å². The highest BCUT2D eigenvalue weighted by Gasteiger charge is 2.53. The number of aliphatic hydroxyl groups excluding tert-OH is 1. The summed E-state index contributed by atoms with van der Waals surface area (Å²) in [6.07, 6.45) is 14.1. The van der Waals surface area contributed by atoms with Crippen molar-refractivity contribution in [1.82, 2.24) is 59.7 Å². The predicted molar refractivity (Wildman–Crippen MR) is 387 cm³/mol. The van der Waals surface area contributed by atoms with E-state index < -0.39 is 0 Å². The van der Waals surface area contributed by atoms with Gasteiger partial charge in [-0.15, -0.1) is 0 Å². The van der Waals surface area contributed by atoms with E-state index in [1.807, 2.05) is 133 Å². The van der Waals surface area contributed by atoms with E-state index in [-0.39, 0.29) is 62.3 Å². The van der Waals surface area contributed by atoms with Crippen LogP contribution in [0.5, 0.6) is 0 Å². The maximum atomic E-state index is 13.6. The van der Waals surface area contributed by atoms with Crippen LogP contribution in [0.2, 0.25) is 0 Å². The number of ether oxygens (including phenoxy) is 2. The summed E-state index contributed by atoms with van der Waals surface area (Å²) in [5.41, 5.74) is 24.9. The van der Waals surface area contributed by atoms with Crippen LogP contribution in [0, 0.1) is 25.5 Å². The summed E-state index contributed by atoms with van der Waals surface area (Å²) in [6, 6.07) is 28.4. The van der Waals surface area contributed by atoms with Gasteiger partial charge >= 0.3 is 14.2 Å². The van der Waals surface area contributed by atoms with Gasteiger partial charge in [0.15, 0.2) is 0 Å². The fourth-order valence-corrected chi connectivity index (χ4v) is 10.3. The molecule has 2 fully saturated rings. The van der Waals surface area contributed by atoms with Crippen LogP contribution < -0.4 is 22.4 Å². The van der Waals surface area contributed by atoms with Gasteiger partial charge in [0.2, 0.25) is 0 Å². The minimum Gasteiger partial charge on any atom is -0.399 e. The molecule has 13 rings (SSSR count). The number of pyridine rings is 2. The lowest BCUT2D eigenvalue weighted by Crippen LogP contribution is -2.41. The number of aromatic nitrogens is 12. The topological polar surface area (TPSA) is 269 Å². The monoisotopic (exact) mass is 1450 g/mol. The number of alkyl halides is 1. The molecule has 0 bridgehead atoms. The molecular formula is C70H82B2Br2F2N14O7. The van der Waals surface area contributed by atoms with E-state index in [1.165, 1.54) is 24.3 Å². The first-order valence-corrected chi connectivity index (χ1v) is 32.8. The number of aryl methyl sites for hydroxylation is 2. The molecule has 0 spiro atoms. The van der Waals surface area contributed by atoms with Crippen LogP contribution in [0.4, 0.5) is 20.4 Å². The number of aromatic amines is 1. The van der Waals surface area contributed by atoms with Gasteiger partial charge in [-0.2, -0.15) is 15.3 Å². The molecule has 21 nitrogen and oxygen atoms in total. The number of methoxy groups -OCH3 is 2. The summed E-state index contributed by atoms with van der Waals surface area (Å²) in [7, 11) is 2.69. The van der Waals surface area contributed by atoms with Gasteiger partial charge < -0.3 is 44.7 Å². The van der Waals surface area contributed by atoms with Crippen molar-refractivity contribution in [3.8, 4) is 55.9 Å². The Balaban J connectivity index is 0.000000169. The highest BCUT2D eigenvalue weighted by Crippen LogP contribution is 2.41. The fraction of sp³-hybridized carbons (Fsp3) is 0.329. The van der Waals surface area contributed by atoms with E-state index in [2.05, 4.69) is 83.2 Å². The molecule has 0 aliphatic carbocycles. The molecule has 0 atom stereocenters. The second-order valence-electron chi connectivity index (χ2n) is 24.6. The van der Waals surface area contributed by atoms with Gasteiger partial charge in [0.1, 0.15) is 35.9 Å². The lowest BCUT2D eigenvalue weighted by atomic mass is 9.82. The largest absolute Gasteiger partial charge is 0.498 e. The van der Waals surface area contributed by atoms with E-state index in [4.69, 9.17) is 49.6 Å². The van der Waals surface area contributed by atoms with E-state index in [0.717, 1.165) is 95.2 Å². The lowest BCUT2D eigenvalue weighted by molar-refractivity contribution is 0.00578. The molecule has 0 amide bonds. The van der Waals surface area contributed by atoms with Crippen molar-refractivity contribution in [2.75, 3.05) is 50.8 Å². The zero-order valence-electron chi connectivity index (χ0n) is 55.7. The molecule has 508 valence electrons. The number of hydrogen-bond acceptors (Lipinski definition) is 18. The average Bonchev–Trinajstić information content (AvgIpc) is 1.49. The SMILES string of the molecule is C.CC1(C)OB(c2cn[nH]c2)OC1(C)C.COCCn1cc(-c2cc(-c3ccc4ncnc(C)c4c3)c(-c3ccc(F)cc3)nc2N)cn1.COCCn1cc(B2OC(C)(C)C(C)(C)O2)cn1.Cc1ncnc2ccc(-c3cc(Br)c(N)nc3-c3ccc(F)cc3)cc12.OCCBr. The van der Waals surface area contributed by atoms with Crippen LogP contribution in [0.1, 0.15) is 74.2 Å². The standard InChI is InChI=1S/C26H23FN6O.C20H14BrFN4.C12H21BN2O3.C9H15BN2O2.C2H5BrO.CH4/c1-16-21-11-18(5-8-24(21)30-15-29-16)22-12-23(19-13-31-33(14-19)9-10-34-2)26(28)32-25(22)17-3-6-20(27)7-4-17;1-11-15-8-13(4-7-18(15)25-10-24-11)16-9-17(21)20(23)26-19(16)12-2-5-14(22)6-3-12;1-11(2)12(3,4)18-13(17-11)10-8-14-15(9-10)6-7-16-5;1-8(2)9(3,4)14-10(13-8)7-5-11-12-6-7;3-1-2-4;/h3-8,11-15H,9-10H2,1-2H3,(H2,28,32);2-10H,1H3,(H2,23,26);8-9H,6-7H2,1-5H3;5-6H,1-4H3,(H,11,12);4H,1-2H2;1H4. The zero-order chi connectivity index (χ0) is 69.1. The van der Waals surface area contributed by atoms with Gasteiger partial charge in [-0.25, -0.2) is 38.7 Å². The number of rotatable bonds is 14. The third kappa shape index (κ3) is 17.9. The first-order valence-electron chi connectivity index (χ1n) is 30.9. The van der Waals surface area contributed by atoms with Crippen LogP contribution in [-0.2, 0) is 41.2 Å². The number of nitrogen functional groups attached to an aromatic ring is 2. The van der Waals surface area contributed by atoms with Crippen LogP contribution in [0.25, 0.3) is 77.7 Å². The third-order valence-electron chi connectivity index (χ3n) is 16.9. The smallest absolute Gasteiger partial charge is 0.399 e. The molecule has 2 aliphatic heterocycles. The van der Waals surface area contributed by atoms with Gasteiger partial charge in [0.25, 0.3) is 0 Å². The molecule has 7 aromatic heterocycles. The summed E-state index contributed by atoms with van der Waals surface area (Å²) < 4.78 is 65.0. The van der Waals surface area contributed by atoms with Crippen molar-refractivity contribution in [2.24, 2.45) is 0 Å². The van der Waals surface area contributed by atoms with Gasteiger partial charge in [-0.05, 0) is 181 Å². The number of H-pyrrole nitrogens is 1. The Bertz CT molecular complexity index is 4380. The van der Waals surface area contributed by atoms with Crippen molar-refractivity contribution >= 4 is 90.5 Å². The van der Waals surface area contributed by atoms with E-state index in [9.17, 15) is 8.78 Å². The minimum atomic E-state index is -0.341. The molecule has 27 heteroatoms. The summed E-state index contributed by atoms with van der Waals surface area (Å²) in [5.74, 6) is 0.152. The van der Waals surface area contributed by atoms with Crippen LogP contribution in [0.15, 0.2) is 151 Å². The van der Waals surface area contributed by atoms with Crippen molar-refractivity contribution < 1.29 is 42.0 Å². The Hall–Kier alpha value is -8.24. The minimum absolute atomic E-state index is 0. The Morgan fingerprint density at radius 3 is 1.44 bits per heavy atom. The maximum Gasteiger partial charge on any atom is 0.498 e. The molecule has 4 aromatic carbocycles. The molecule has 6 N–H and O–H groups in total.